The summed E-state index contributed by atoms with van der Waals surface area (Å²) in [5.41, 5.74) is 7.84. The molecule has 0 fully saturated rings. The van der Waals surface area contributed by atoms with E-state index in [0.717, 1.165) is 45.4 Å². The summed E-state index contributed by atoms with van der Waals surface area (Å²) < 4.78 is 3.92. The van der Waals surface area contributed by atoms with E-state index in [1.54, 1.807) is 0 Å². The molecule has 0 unspecified atom stereocenters. The van der Waals surface area contributed by atoms with Crippen LogP contribution >= 0.6 is 11.8 Å². The van der Waals surface area contributed by atoms with Gasteiger partial charge in [0, 0.05) is 6.42 Å². The van der Waals surface area contributed by atoms with E-state index < -0.39 is 0 Å². The Kier molecular flexibility index (Phi) is 7.42. The number of carbonyl (C=O) groups excluding carboxylic acids is 1. The van der Waals surface area contributed by atoms with Crippen molar-refractivity contribution in [1.29, 1.82) is 0 Å². The molecule has 192 valence electrons. The van der Waals surface area contributed by atoms with Gasteiger partial charge in [-0.2, -0.15) is 5.10 Å². The van der Waals surface area contributed by atoms with E-state index in [1.165, 1.54) is 17.3 Å². The number of amides is 1. The molecule has 0 bridgehead atoms. The number of para-hydroxylation sites is 1. The van der Waals surface area contributed by atoms with Crippen molar-refractivity contribution in [2.24, 2.45) is 0 Å². The lowest BCUT2D eigenvalue weighted by atomic mass is 10.1. The SMILES string of the molecule is Cc1ccc(-n2c(Cc3ccccc3)nnc2SCC(=O)Nc2c(C)nn(-c3ccccc3)c2C)c(C)c1. The summed E-state index contributed by atoms with van der Waals surface area (Å²) in [6.45, 7) is 8.04. The number of nitrogens with one attached hydrogen (secondary N) is 1. The second-order valence-electron chi connectivity index (χ2n) is 9.32. The predicted molar refractivity (Wildman–Crippen MR) is 152 cm³/mol. The molecular formula is C30H30N6OS. The first-order valence-electron chi connectivity index (χ1n) is 12.5. The molecular weight excluding hydrogens is 492 g/mol. The van der Waals surface area contributed by atoms with Crippen LogP contribution in [0.5, 0.6) is 0 Å². The van der Waals surface area contributed by atoms with Gasteiger partial charge in [-0.25, -0.2) is 4.68 Å². The molecule has 0 aliphatic heterocycles. The molecule has 38 heavy (non-hydrogen) atoms. The van der Waals surface area contributed by atoms with Crippen LogP contribution in [0.25, 0.3) is 11.4 Å². The summed E-state index contributed by atoms with van der Waals surface area (Å²) in [5, 5.41) is 17.4. The van der Waals surface area contributed by atoms with Gasteiger partial charge in [0.15, 0.2) is 5.16 Å². The van der Waals surface area contributed by atoms with Gasteiger partial charge in [0.05, 0.1) is 34.2 Å². The van der Waals surface area contributed by atoms with Gasteiger partial charge in [-0.3, -0.25) is 9.36 Å². The molecule has 2 heterocycles. The Morgan fingerprint density at radius 2 is 1.61 bits per heavy atom. The molecule has 7 nitrogen and oxygen atoms in total. The van der Waals surface area contributed by atoms with E-state index in [4.69, 9.17) is 0 Å². The number of carbonyl (C=O) groups is 1. The Balaban J connectivity index is 1.38. The van der Waals surface area contributed by atoms with Crippen LogP contribution in [0.4, 0.5) is 5.69 Å². The molecule has 5 aromatic rings. The summed E-state index contributed by atoms with van der Waals surface area (Å²) in [6.07, 6.45) is 0.644. The minimum atomic E-state index is -0.117. The predicted octanol–water partition coefficient (Wildman–Crippen LogP) is 6.01. The first kappa shape index (κ1) is 25.5. The minimum Gasteiger partial charge on any atom is -0.322 e. The molecule has 2 aromatic heterocycles. The number of rotatable bonds is 8. The van der Waals surface area contributed by atoms with Gasteiger partial charge >= 0.3 is 0 Å². The number of aryl methyl sites for hydroxylation is 3. The minimum absolute atomic E-state index is 0.117. The van der Waals surface area contributed by atoms with Crippen LogP contribution in [0.2, 0.25) is 0 Å². The number of anilines is 1. The first-order valence-corrected chi connectivity index (χ1v) is 13.5. The number of benzene rings is 3. The number of hydrogen-bond acceptors (Lipinski definition) is 5. The average Bonchev–Trinajstić information content (AvgIpc) is 3.44. The lowest BCUT2D eigenvalue weighted by Gasteiger charge is -2.14. The molecule has 0 aliphatic carbocycles. The number of hydrogen-bond donors (Lipinski definition) is 1. The number of nitrogens with zero attached hydrogens (tertiary/aromatic N) is 5. The summed E-state index contributed by atoms with van der Waals surface area (Å²) in [7, 11) is 0. The molecule has 1 N–H and O–H groups in total. The monoisotopic (exact) mass is 522 g/mol. The number of aromatic nitrogens is 5. The number of thioether (sulfide) groups is 1. The molecule has 5 rings (SSSR count). The van der Waals surface area contributed by atoms with Crippen molar-refractivity contribution in [3.8, 4) is 11.4 Å². The van der Waals surface area contributed by atoms with Gasteiger partial charge in [0.1, 0.15) is 5.82 Å². The fraction of sp³-hybridized carbons (Fsp3) is 0.200. The summed E-state index contributed by atoms with van der Waals surface area (Å²) in [6, 6.07) is 26.5. The maximum Gasteiger partial charge on any atom is 0.234 e. The zero-order valence-electron chi connectivity index (χ0n) is 22.0. The van der Waals surface area contributed by atoms with E-state index in [2.05, 4.69) is 69.4 Å². The summed E-state index contributed by atoms with van der Waals surface area (Å²) >= 11 is 1.38. The molecule has 3 aromatic carbocycles. The van der Waals surface area contributed by atoms with Crippen LogP contribution in [-0.2, 0) is 11.2 Å². The highest BCUT2D eigenvalue weighted by Gasteiger charge is 2.19. The van der Waals surface area contributed by atoms with E-state index in [0.29, 0.717) is 11.6 Å². The average molecular weight is 523 g/mol. The third-order valence-electron chi connectivity index (χ3n) is 6.39. The Hall–Kier alpha value is -4.17. The van der Waals surface area contributed by atoms with Gasteiger partial charge in [-0.05, 0) is 57.0 Å². The highest BCUT2D eigenvalue weighted by molar-refractivity contribution is 7.99. The van der Waals surface area contributed by atoms with Crippen molar-refractivity contribution >= 4 is 23.4 Å². The normalized spacial score (nSPS) is 11.1. The van der Waals surface area contributed by atoms with Gasteiger partial charge in [-0.15, -0.1) is 10.2 Å². The summed E-state index contributed by atoms with van der Waals surface area (Å²) in [4.78, 5) is 13.1. The van der Waals surface area contributed by atoms with Crippen molar-refractivity contribution in [3.05, 3.63) is 113 Å². The lowest BCUT2D eigenvalue weighted by molar-refractivity contribution is -0.113. The third kappa shape index (κ3) is 5.40. The molecule has 0 atom stereocenters. The quantitative estimate of drug-likeness (QED) is 0.253. The zero-order chi connectivity index (χ0) is 26.6. The highest BCUT2D eigenvalue weighted by atomic mass is 32.2. The van der Waals surface area contributed by atoms with E-state index in [9.17, 15) is 4.79 Å². The van der Waals surface area contributed by atoms with Gasteiger partial charge in [0.25, 0.3) is 0 Å². The van der Waals surface area contributed by atoms with E-state index in [-0.39, 0.29) is 11.7 Å². The van der Waals surface area contributed by atoms with Crippen molar-refractivity contribution in [2.75, 3.05) is 11.1 Å². The van der Waals surface area contributed by atoms with Crippen LogP contribution in [0.15, 0.2) is 84.0 Å². The molecule has 8 heteroatoms. The van der Waals surface area contributed by atoms with Gasteiger partial charge in [0.2, 0.25) is 5.91 Å². The zero-order valence-corrected chi connectivity index (χ0v) is 22.8. The molecule has 0 aliphatic rings. The molecule has 0 saturated carbocycles. The molecule has 1 amide bonds. The Labute approximate surface area is 226 Å². The standard InChI is InChI=1S/C30H30N6OS/c1-20-15-16-26(21(2)17-20)35-27(18-24-11-7-5-8-12-24)32-33-30(35)38-19-28(37)31-29-22(3)34-36(23(29)4)25-13-9-6-10-14-25/h5-17H,18-19H2,1-4H3,(H,31,37). The topological polar surface area (TPSA) is 77.6 Å². The van der Waals surface area contributed by atoms with Crippen LogP contribution in [0.1, 0.15) is 33.9 Å². The Morgan fingerprint density at radius 3 is 2.32 bits per heavy atom. The third-order valence-corrected chi connectivity index (χ3v) is 7.32. The molecule has 0 spiro atoms. The van der Waals surface area contributed by atoms with E-state index in [1.807, 2.05) is 67.1 Å². The lowest BCUT2D eigenvalue weighted by Crippen LogP contribution is -2.16. The van der Waals surface area contributed by atoms with Crippen LogP contribution in [-0.4, -0.2) is 36.2 Å². The maximum atomic E-state index is 13.1. The smallest absolute Gasteiger partial charge is 0.234 e. The van der Waals surface area contributed by atoms with Gasteiger partial charge in [-0.1, -0.05) is 78.0 Å². The Morgan fingerprint density at radius 1 is 0.895 bits per heavy atom. The van der Waals surface area contributed by atoms with Crippen LogP contribution in [0, 0.1) is 27.7 Å². The van der Waals surface area contributed by atoms with Crippen LogP contribution < -0.4 is 5.32 Å². The molecule has 0 radical (unpaired) electrons. The largest absolute Gasteiger partial charge is 0.322 e. The fourth-order valence-electron chi connectivity index (χ4n) is 4.53. The van der Waals surface area contributed by atoms with Gasteiger partial charge < -0.3 is 5.32 Å². The van der Waals surface area contributed by atoms with Crippen molar-refractivity contribution in [3.63, 3.8) is 0 Å². The highest BCUT2D eigenvalue weighted by Crippen LogP contribution is 2.27. The maximum absolute atomic E-state index is 13.1. The van der Waals surface area contributed by atoms with Crippen molar-refractivity contribution in [1.82, 2.24) is 24.5 Å². The van der Waals surface area contributed by atoms with Crippen molar-refractivity contribution in [2.45, 2.75) is 39.3 Å². The summed E-state index contributed by atoms with van der Waals surface area (Å²) in [5.74, 6) is 0.916. The van der Waals surface area contributed by atoms with Crippen LogP contribution in [0.3, 0.4) is 0 Å². The van der Waals surface area contributed by atoms with E-state index >= 15 is 0 Å². The second kappa shape index (κ2) is 11.1. The first-order chi connectivity index (χ1) is 18.4. The second-order valence-corrected chi connectivity index (χ2v) is 10.3. The molecule has 0 saturated heterocycles. The van der Waals surface area contributed by atoms with Crippen molar-refractivity contribution < 1.29 is 4.79 Å². The fourth-order valence-corrected chi connectivity index (χ4v) is 5.30. The Bertz CT molecular complexity index is 1570.